The van der Waals surface area contributed by atoms with Crippen LogP contribution in [0, 0.1) is 0 Å². The third kappa shape index (κ3) is 2.85. The number of nitrogens with zero attached hydrogens (tertiary/aromatic N) is 2. The van der Waals surface area contributed by atoms with E-state index in [0.29, 0.717) is 22.5 Å². The fraction of sp³-hybridized carbons (Fsp3) is 0. The Balaban J connectivity index is 1.81. The van der Waals surface area contributed by atoms with Gasteiger partial charge in [-0.05, 0) is 23.6 Å². The first-order valence-electron chi connectivity index (χ1n) is 7.60. The van der Waals surface area contributed by atoms with Crippen molar-refractivity contribution in [2.45, 2.75) is 4.90 Å². The van der Waals surface area contributed by atoms with Crippen LogP contribution in [0.1, 0.15) is 0 Å². The third-order valence-electron chi connectivity index (χ3n) is 3.88. The van der Waals surface area contributed by atoms with Crippen LogP contribution in [0.25, 0.3) is 22.2 Å². The van der Waals surface area contributed by atoms with Crippen molar-refractivity contribution in [1.29, 1.82) is 0 Å². The van der Waals surface area contributed by atoms with Crippen molar-refractivity contribution in [3.63, 3.8) is 0 Å². The van der Waals surface area contributed by atoms with Crippen molar-refractivity contribution in [3.05, 3.63) is 73.1 Å². The molecule has 2 N–H and O–H groups in total. The van der Waals surface area contributed by atoms with Gasteiger partial charge in [-0.15, -0.1) is 0 Å². The summed E-state index contributed by atoms with van der Waals surface area (Å²) in [5, 5.41) is 8.12. The molecule has 0 aliphatic carbocycles. The lowest BCUT2D eigenvalue weighted by atomic mass is 10.1. The number of benzene rings is 3. The quantitative estimate of drug-likeness (QED) is 0.590. The lowest BCUT2D eigenvalue weighted by Gasteiger charge is -2.13. The Morgan fingerprint density at radius 2 is 1.64 bits per heavy atom. The third-order valence-corrected chi connectivity index (χ3v) is 5.30. The number of fused-ring (bicyclic) bond motifs is 1. The molecule has 0 spiro atoms. The van der Waals surface area contributed by atoms with E-state index >= 15 is 0 Å². The Morgan fingerprint density at radius 1 is 0.880 bits per heavy atom. The maximum Gasteiger partial charge on any atom is 0.262 e. The van der Waals surface area contributed by atoms with Crippen LogP contribution in [0.4, 0.5) is 5.69 Å². The summed E-state index contributed by atoms with van der Waals surface area (Å²) in [6.45, 7) is 0. The molecule has 4 rings (SSSR count). The molecule has 0 saturated carbocycles. The molecule has 0 amide bonds. The summed E-state index contributed by atoms with van der Waals surface area (Å²) in [5.74, 6) is 0.496. The average Bonchev–Trinajstić information content (AvgIpc) is 3.16. The Bertz CT molecular complexity index is 1130. The molecule has 7 heteroatoms. The molecule has 4 aromatic rings. The molecule has 6 nitrogen and oxygen atoms in total. The predicted molar refractivity (Wildman–Crippen MR) is 96.6 cm³/mol. The second kappa shape index (κ2) is 6.03. The standard InChI is InChI=1S/C18H14N4O2S/c23-25(24,17-11-5-7-13-6-1-2-8-14(13)17)22-16-10-4-3-9-15(16)18-19-12-20-21-18/h1-12,22H,(H,19,20,21). The number of para-hydroxylation sites is 1. The van der Waals surface area contributed by atoms with Gasteiger partial charge >= 0.3 is 0 Å². The fourth-order valence-corrected chi connectivity index (χ4v) is 4.05. The number of aromatic nitrogens is 3. The molecule has 0 radical (unpaired) electrons. The first-order valence-corrected chi connectivity index (χ1v) is 9.09. The monoisotopic (exact) mass is 350 g/mol. The van der Waals surface area contributed by atoms with Crippen LogP contribution < -0.4 is 4.72 Å². The molecule has 0 aliphatic heterocycles. The smallest absolute Gasteiger partial charge is 0.262 e. The number of sulfonamides is 1. The molecule has 0 fully saturated rings. The van der Waals surface area contributed by atoms with Crippen molar-refractivity contribution < 1.29 is 8.42 Å². The lowest BCUT2D eigenvalue weighted by Crippen LogP contribution is -2.14. The van der Waals surface area contributed by atoms with Crippen molar-refractivity contribution in [2.24, 2.45) is 0 Å². The van der Waals surface area contributed by atoms with Gasteiger partial charge in [0.15, 0.2) is 5.82 Å². The second-order valence-electron chi connectivity index (χ2n) is 5.46. The van der Waals surface area contributed by atoms with Crippen LogP contribution >= 0.6 is 0 Å². The Kier molecular flexibility index (Phi) is 3.70. The van der Waals surface area contributed by atoms with Gasteiger partial charge in [-0.2, -0.15) is 5.10 Å². The van der Waals surface area contributed by atoms with Crippen molar-refractivity contribution in [3.8, 4) is 11.4 Å². The van der Waals surface area contributed by atoms with E-state index in [1.165, 1.54) is 6.33 Å². The summed E-state index contributed by atoms with van der Waals surface area (Å²) in [6, 6.07) is 19.7. The normalized spacial score (nSPS) is 11.5. The zero-order chi connectivity index (χ0) is 17.3. The Labute approximate surface area is 144 Å². The van der Waals surface area contributed by atoms with E-state index in [1.807, 2.05) is 30.3 Å². The highest BCUT2D eigenvalue weighted by atomic mass is 32.2. The molecule has 0 aliphatic rings. The summed E-state index contributed by atoms with van der Waals surface area (Å²) in [4.78, 5) is 4.33. The highest BCUT2D eigenvalue weighted by molar-refractivity contribution is 7.93. The number of hydrogen-bond donors (Lipinski definition) is 2. The minimum atomic E-state index is -3.77. The van der Waals surface area contributed by atoms with Crippen LogP contribution in [0.2, 0.25) is 0 Å². The molecule has 25 heavy (non-hydrogen) atoms. The second-order valence-corrected chi connectivity index (χ2v) is 7.11. The SMILES string of the molecule is O=S(=O)(Nc1ccccc1-c1ncn[nH]1)c1cccc2ccccc12. The van der Waals surface area contributed by atoms with E-state index in [9.17, 15) is 8.42 Å². The van der Waals surface area contributed by atoms with Crippen LogP contribution in [0.15, 0.2) is 78.0 Å². The van der Waals surface area contributed by atoms with Gasteiger partial charge in [0.25, 0.3) is 10.0 Å². The van der Waals surface area contributed by atoms with E-state index < -0.39 is 10.0 Å². The van der Waals surface area contributed by atoms with Gasteiger partial charge < -0.3 is 0 Å². The highest BCUT2D eigenvalue weighted by Gasteiger charge is 2.19. The number of H-pyrrole nitrogens is 1. The highest BCUT2D eigenvalue weighted by Crippen LogP contribution is 2.29. The van der Waals surface area contributed by atoms with Crippen LogP contribution in [-0.2, 0) is 10.0 Å². The minimum absolute atomic E-state index is 0.234. The molecular formula is C18H14N4O2S. The molecule has 0 unspecified atom stereocenters. The predicted octanol–water partition coefficient (Wildman–Crippen LogP) is 3.43. The first-order chi connectivity index (χ1) is 12.1. The molecular weight excluding hydrogens is 336 g/mol. The summed E-state index contributed by atoms with van der Waals surface area (Å²) >= 11 is 0. The summed E-state index contributed by atoms with van der Waals surface area (Å²) < 4.78 is 28.6. The van der Waals surface area contributed by atoms with Gasteiger partial charge in [0, 0.05) is 10.9 Å². The van der Waals surface area contributed by atoms with E-state index in [4.69, 9.17) is 0 Å². The number of hydrogen-bond acceptors (Lipinski definition) is 4. The Hall–Kier alpha value is -3.19. The Morgan fingerprint density at radius 3 is 2.48 bits per heavy atom. The summed E-state index contributed by atoms with van der Waals surface area (Å²) in [5.41, 5.74) is 1.07. The van der Waals surface area contributed by atoms with E-state index in [2.05, 4.69) is 19.9 Å². The molecule has 0 atom stereocenters. The van der Waals surface area contributed by atoms with Gasteiger partial charge in [0.1, 0.15) is 6.33 Å². The van der Waals surface area contributed by atoms with Crippen molar-refractivity contribution in [1.82, 2.24) is 15.2 Å². The van der Waals surface area contributed by atoms with Crippen LogP contribution in [0.5, 0.6) is 0 Å². The lowest BCUT2D eigenvalue weighted by molar-refractivity contribution is 0.602. The zero-order valence-corrected chi connectivity index (χ0v) is 13.9. The number of nitrogens with one attached hydrogen (secondary N) is 2. The van der Waals surface area contributed by atoms with Crippen molar-refractivity contribution in [2.75, 3.05) is 4.72 Å². The van der Waals surface area contributed by atoms with Gasteiger partial charge in [0.05, 0.1) is 10.6 Å². The van der Waals surface area contributed by atoms with Crippen LogP contribution in [0.3, 0.4) is 0 Å². The molecule has 0 bridgehead atoms. The molecule has 1 heterocycles. The van der Waals surface area contributed by atoms with Crippen molar-refractivity contribution >= 4 is 26.5 Å². The molecule has 124 valence electrons. The topological polar surface area (TPSA) is 87.7 Å². The maximum atomic E-state index is 13.0. The van der Waals surface area contributed by atoms with Gasteiger partial charge in [-0.3, -0.25) is 9.82 Å². The maximum absolute atomic E-state index is 13.0. The largest absolute Gasteiger partial charge is 0.279 e. The summed E-state index contributed by atoms with van der Waals surface area (Å²) in [6.07, 6.45) is 1.38. The van der Waals surface area contributed by atoms with Gasteiger partial charge in [-0.1, -0.05) is 48.5 Å². The van der Waals surface area contributed by atoms with E-state index in [-0.39, 0.29) is 4.90 Å². The zero-order valence-electron chi connectivity index (χ0n) is 13.0. The van der Waals surface area contributed by atoms with Gasteiger partial charge in [0.2, 0.25) is 0 Å². The molecule has 3 aromatic carbocycles. The number of aromatic amines is 1. The number of rotatable bonds is 4. The minimum Gasteiger partial charge on any atom is -0.279 e. The average molecular weight is 350 g/mol. The number of anilines is 1. The molecule has 0 saturated heterocycles. The van der Waals surface area contributed by atoms with Crippen LogP contribution in [-0.4, -0.2) is 23.6 Å². The van der Waals surface area contributed by atoms with Gasteiger partial charge in [-0.25, -0.2) is 13.4 Å². The first kappa shape index (κ1) is 15.3. The van der Waals surface area contributed by atoms with E-state index in [0.717, 1.165) is 5.39 Å². The summed E-state index contributed by atoms with van der Waals surface area (Å²) in [7, 11) is -3.77. The molecule has 1 aromatic heterocycles. The fourth-order valence-electron chi connectivity index (χ4n) is 2.74. The van der Waals surface area contributed by atoms with E-state index in [1.54, 1.807) is 36.4 Å².